The number of piperidine rings is 1. The Morgan fingerprint density at radius 3 is 2.50 bits per heavy atom. The van der Waals surface area contributed by atoms with E-state index in [1.807, 2.05) is 0 Å². The zero-order valence-corrected chi connectivity index (χ0v) is 20.7. The number of carbonyl (C=O) groups is 2. The van der Waals surface area contributed by atoms with E-state index in [-0.39, 0.29) is 38.9 Å². The lowest BCUT2D eigenvalue weighted by Crippen LogP contribution is -2.49. The minimum atomic E-state index is -3.53. The molecule has 11 heteroatoms. The maximum absolute atomic E-state index is 14.7. The highest BCUT2D eigenvalue weighted by molar-refractivity contribution is 7.92. The van der Waals surface area contributed by atoms with Crippen molar-refractivity contribution >= 4 is 33.3 Å². The van der Waals surface area contributed by atoms with Gasteiger partial charge >= 0.3 is 0 Å². The van der Waals surface area contributed by atoms with Gasteiger partial charge < -0.3 is 10.2 Å². The van der Waals surface area contributed by atoms with Crippen LogP contribution >= 0.6 is 11.6 Å². The van der Waals surface area contributed by atoms with Gasteiger partial charge in [-0.1, -0.05) is 11.6 Å². The number of nitrogens with one attached hydrogen (secondary N) is 1. The number of amides is 2. The molecule has 1 aromatic heterocycles. The smallest absolute Gasteiger partial charge is 0.256 e. The zero-order chi connectivity index (χ0) is 25.4. The Labute approximate surface area is 212 Å². The van der Waals surface area contributed by atoms with Crippen molar-refractivity contribution in [2.24, 2.45) is 11.8 Å². The number of rotatable bonds is 7. The van der Waals surface area contributed by atoms with E-state index in [0.717, 1.165) is 31.4 Å². The predicted molar refractivity (Wildman–Crippen MR) is 126 cm³/mol. The number of nitrogens with zero attached hydrogens (tertiary/aromatic N) is 2. The van der Waals surface area contributed by atoms with Crippen molar-refractivity contribution in [3.05, 3.63) is 58.4 Å². The summed E-state index contributed by atoms with van der Waals surface area (Å²) in [4.78, 5) is 32.4. The standard InChI is InChI=1S/C25H24ClF2N3O4S/c26-18-9-19(27)17(8-20(18)28)23(12-1-2-12)30-24(32)22-7-13-6-21(13)31(22)25(33)14-5-16(11-29-10-14)36(34,35)15-3-4-15/h5,8-13,15,21-23H,1-4,6-7H2,(H,30,32)/t13-,21-,22-,23?/m1/s1. The third kappa shape index (κ3) is 4.18. The van der Waals surface area contributed by atoms with Crippen LogP contribution in [0.3, 0.4) is 0 Å². The van der Waals surface area contributed by atoms with Crippen LogP contribution in [0, 0.1) is 23.5 Å². The van der Waals surface area contributed by atoms with Crippen molar-refractivity contribution in [1.82, 2.24) is 15.2 Å². The SMILES string of the molecule is O=C(NC(c1cc(F)c(Cl)cc1F)C1CC1)[C@H]1C[C@H]2C[C@H]2N1C(=O)c1cncc(S(=O)(=O)C2CC2)c1. The number of benzene rings is 1. The summed E-state index contributed by atoms with van der Waals surface area (Å²) in [5.74, 6) is -2.19. The number of pyridine rings is 1. The molecule has 7 nitrogen and oxygen atoms in total. The summed E-state index contributed by atoms with van der Waals surface area (Å²) in [5, 5.41) is 2.11. The molecular formula is C25H24ClF2N3O4S. The number of hydrogen-bond acceptors (Lipinski definition) is 5. The molecule has 3 saturated carbocycles. The molecule has 1 saturated heterocycles. The van der Waals surface area contributed by atoms with Crippen molar-refractivity contribution in [2.75, 3.05) is 0 Å². The largest absolute Gasteiger partial charge is 0.347 e. The lowest BCUT2D eigenvalue weighted by molar-refractivity contribution is -0.126. The molecule has 2 amide bonds. The Bertz CT molecular complexity index is 1380. The molecular weight excluding hydrogens is 512 g/mol. The molecule has 0 radical (unpaired) electrons. The van der Waals surface area contributed by atoms with Crippen LogP contribution < -0.4 is 5.32 Å². The van der Waals surface area contributed by atoms with Crippen molar-refractivity contribution in [3.8, 4) is 0 Å². The van der Waals surface area contributed by atoms with Gasteiger partial charge in [-0.2, -0.15) is 0 Å². The van der Waals surface area contributed by atoms with Crippen molar-refractivity contribution in [2.45, 2.75) is 66.8 Å². The molecule has 4 atom stereocenters. The first-order valence-corrected chi connectivity index (χ1v) is 14.0. The number of hydrogen-bond donors (Lipinski definition) is 1. The third-order valence-electron chi connectivity index (χ3n) is 7.66. The van der Waals surface area contributed by atoms with Gasteiger partial charge in [-0.3, -0.25) is 14.6 Å². The number of likely N-dealkylation sites (tertiary alicyclic amines) is 1. The van der Waals surface area contributed by atoms with E-state index in [1.54, 1.807) is 0 Å². The van der Waals surface area contributed by atoms with Crippen LogP contribution in [0.5, 0.6) is 0 Å². The van der Waals surface area contributed by atoms with Crippen LogP contribution in [0.2, 0.25) is 5.02 Å². The fourth-order valence-electron chi connectivity index (χ4n) is 5.30. The quantitative estimate of drug-likeness (QED) is 0.544. The van der Waals surface area contributed by atoms with Crippen molar-refractivity contribution < 1.29 is 26.8 Å². The summed E-state index contributed by atoms with van der Waals surface area (Å²) in [7, 11) is -3.53. The van der Waals surface area contributed by atoms with Crippen LogP contribution in [0.4, 0.5) is 8.78 Å². The molecule has 0 spiro atoms. The number of carbonyl (C=O) groups excluding carboxylic acids is 2. The summed E-state index contributed by atoms with van der Waals surface area (Å²) in [6, 6.07) is 1.64. The Hall–Kier alpha value is -2.59. The van der Waals surface area contributed by atoms with Crippen LogP contribution in [-0.4, -0.2) is 47.4 Å². The van der Waals surface area contributed by atoms with Crippen molar-refractivity contribution in [3.63, 3.8) is 0 Å². The van der Waals surface area contributed by atoms with Gasteiger partial charge in [0.1, 0.15) is 17.7 Å². The summed E-state index contributed by atoms with van der Waals surface area (Å²) in [6.45, 7) is 0. The summed E-state index contributed by atoms with van der Waals surface area (Å²) in [5.41, 5.74) is 0.155. The summed E-state index contributed by atoms with van der Waals surface area (Å²) in [6.07, 6.45) is 6.52. The maximum atomic E-state index is 14.7. The first-order valence-electron chi connectivity index (χ1n) is 12.1. The van der Waals surface area contributed by atoms with Crippen molar-refractivity contribution in [1.29, 1.82) is 0 Å². The fourth-order valence-corrected chi connectivity index (χ4v) is 7.09. The van der Waals surface area contributed by atoms with E-state index in [2.05, 4.69) is 10.3 Å². The Balaban J connectivity index is 1.24. The second-order valence-corrected chi connectivity index (χ2v) is 12.9. The highest BCUT2D eigenvalue weighted by atomic mass is 35.5. The summed E-state index contributed by atoms with van der Waals surface area (Å²) >= 11 is 5.70. The molecule has 2 heterocycles. The van der Waals surface area contributed by atoms with E-state index in [4.69, 9.17) is 11.6 Å². The Kier molecular flexibility index (Phi) is 5.60. The van der Waals surface area contributed by atoms with Crippen LogP contribution in [0.15, 0.2) is 35.5 Å². The average Bonchev–Trinajstić information content (AvgIpc) is 3.72. The molecule has 1 N–H and O–H groups in total. The van der Waals surface area contributed by atoms with Crippen LogP contribution in [0.1, 0.15) is 60.5 Å². The zero-order valence-electron chi connectivity index (χ0n) is 19.2. The van der Waals surface area contributed by atoms with Gasteiger partial charge in [0.2, 0.25) is 5.91 Å². The monoisotopic (exact) mass is 535 g/mol. The first kappa shape index (κ1) is 23.8. The second kappa shape index (κ2) is 8.48. The highest BCUT2D eigenvalue weighted by Crippen LogP contribution is 2.49. The van der Waals surface area contributed by atoms with E-state index in [1.165, 1.54) is 23.4 Å². The van der Waals surface area contributed by atoms with E-state index in [9.17, 15) is 26.8 Å². The number of halogens is 3. The van der Waals surface area contributed by atoms with E-state index in [0.29, 0.717) is 19.3 Å². The predicted octanol–water partition coefficient (Wildman–Crippen LogP) is 3.82. The number of sulfone groups is 1. The van der Waals surface area contributed by atoms with Crippen LogP contribution in [-0.2, 0) is 14.6 Å². The Morgan fingerprint density at radius 2 is 1.81 bits per heavy atom. The average molecular weight is 536 g/mol. The van der Waals surface area contributed by atoms with Gasteiger partial charge in [-0.05, 0) is 68.6 Å². The lowest BCUT2D eigenvalue weighted by Gasteiger charge is -2.29. The molecule has 190 valence electrons. The molecule has 3 aliphatic carbocycles. The molecule has 1 aliphatic heterocycles. The van der Waals surface area contributed by atoms with E-state index < -0.39 is 50.6 Å². The van der Waals surface area contributed by atoms with E-state index >= 15 is 0 Å². The molecule has 1 unspecified atom stereocenters. The second-order valence-electron chi connectivity index (χ2n) is 10.3. The fraction of sp³-hybridized carbons (Fsp3) is 0.480. The molecule has 2 aromatic rings. The molecule has 4 aliphatic rings. The van der Waals surface area contributed by atoms with Gasteiger partial charge in [0, 0.05) is 24.0 Å². The van der Waals surface area contributed by atoms with Gasteiger partial charge in [-0.15, -0.1) is 0 Å². The van der Waals surface area contributed by atoms with Gasteiger partial charge in [-0.25, -0.2) is 17.2 Å². The molecule has 0 bridgehead atoms. The topological polar surface area (TPSA) is 96.4 Å². The first-order chi connectivity index (χ1) is 17.1. The Morgan fingerprint density at radius 1 is 1.06 bits per heavy atom. The number of fused-ring (bicyclic) bond motifs is 1. The van der Waals surface area contributed by atoms with Gasteiger partial charge in [0.15, 0.2) is 9.84 Å². The number of aromatic nitrogens is 1. The van der Waals surface area contributed by atoms with Crippen LogP contribution in [0.25, 0.3) is 0 Å². The maximum Gasteiger partial charge on any atom is 0.256 e. The minimum Gasteiger partial charge on any atom is -0.347 e. The minimum absolute atomic E-state index is 0.0115. The molecule has 1 aromatic carbocycles. The molecule has 4 fully saturated rings. The highest BCUT2D eigenvalue weighted by Gasteiger charge is 2.56. The third-order valence-corrected chi connectivity index (χ3v) is 10.2. The van der Waals surface area contributed by atoms with Gasteiger partial charge in [0.25, 0.3) is 5.91 Å². The lowest BCUT2D eigenvalue weighted by atomic mass is 10.00. The summed E-state index contributed by atoms with van der Waals surface area (Å²) < 4.78 is 54.1. The van der Waals surface area contributed by atoms with Gasteiger partial charge in [0.05, 0.1) is 26.8 Å². The normalized spacial score (nSPS) is 25.9. The molecule has 6 rings (SSSR count). The molecule has 36 heavy (non-hydrogen) atoms.